The Kier molecular flexibility index (Phi) is 5.53. The molecule has 0 bridgehead atoms. The maximum absolute atomic E-state index is 12.1. The highest BCUT2D eigenvalue weighted by Crippen LogP contribution is 2.22. The van der Waals surface area contributed by atoms with Crippen LogP contribution in [-0.4, -0.2) is 51.1 Å². The smallest absolute Gasteiger partial charge is 0.261 e. The van der Waals surface area contributed by atoms with Crippen molar-refractivity contribution in [3.8, 4) is 11.3 Å². The number of hydrogen-bond acceptors (Lipinski definition) is 6. The van der Waals surface area contributed by atoms with Crippen LogP contribution in [0.1, 0.15) is 16.8 Å². The van der Waals surface area contributed by atoms with Gasteiger partial charge in [0.15, 0.2) is 0 Å². The Morgan fingerprint density at radius 3 is 2.69 bits per heavy atom. The monoisotopic (exact) mass is 428 g/mol. The van der Waals surface area contributed by atoms with Crippen molar-refractivity contribution in [2.75, 3.05) is 32.0 Å². The number of hydrogen-bond donors (Lipinski definition) is 3. The van der Waals surface area contributed by atoms with E-state index in [1.165, 1.54) is 5.56 Å². The number of nitrogen functional groups attached to an aromatic ring is 1. The molecular formula is C24H24N6O2. The van der Waals surface area contributed by atoms with Gasteiger partial charge in [0, 0.05) is 37.1 Å². The van der Waals surface area contributed by atoms with Gasteiger partial charge in [0.1, 0.15) is 5.65 Å². The summed E-state index contributed by atoms with van der Waals surface area (Å²) in [4.78, 5) is 28.8. The molecule has 1 aliphatic heterocycles. The van der Waals surface area contributed by atoms with Gasteiger partial charge in [-0.3, -0.25) is 19.7 Å². The summed E-state index contributed by atoms with van der Waals surface area (Å²) in [6, 6.07) is 14.2. The third kappa shape index (κ3) is 4.46. The molecule has 0 radical (unpaired) electrons. The number of morpholine rings is 1. The molecule has 0 aliphatic carbocycles. The number of anilines is 1. The van der Waals surface area contributed by atoms with Gasteiger partial charge in [-0.1, -0.05) is 30.3 Å². The molecule has 32 heavy (non-hydrogen) atoms. The summed E-state index contributed by atoms with van der Waals surface area (Å²) in [5.41, 5.74) is 10.8. The second kappa shape index (κ2) is 8.78. The van der Waals surface area contributed by atoms with E-state index in [4.69, 9.17) is 10.5 Å². The molecule has 0 atom stereocenters. The fourth-order valence-corrected chi connectivity index (χ4v) is 3.83. The molecule has 1 aromatic carbocycles. The van der Waals surface area contributed by atoms with E-state index in [1.54, 1.807) is 12.3 Å². The molecule has 0 saturated carbocycles. The number of fused-ring (bicyclic) bond motifs is 1. The van der Waals surface area contributed by atoms with Crippen LogP contribution in [0, 0.1) is 0 Å². The molecule has 1 fully saturated rings. The fraction of sp³-hybridized carbons (Fsp3) is 0.208. The number of nitrogens with two attached hydrogens (primary N) is 1. The molecule has 8 heteroatoms. The first-order chi connectivity index (χ1) is 15.6. The van der Waals surface area contributed by atoms with E-state index in [9.17, 15) is 4.79 Å². The molecule has 0 amide bonds. The summed E-state index contributed by atoms with van der Waals surface area (Å²) in [6.07, 6.45) is 5.77. The summed E-state index contributed by atoms with van der Waals surface area (Å²) >= 11 is 0. The molecule has 3 aromatic heterocycles. The van der Waals surface area contributed by atoms with Gasteiger partial charge in [0.25, 0.3) is 5.56 Å². The average molecular weight is 428 g/mol. The topological polar surface area (TPSA) is 113 Å². The molecule has 5 rings (SSSR count). The lowest BCUT2D eigenvalue weighted by Gasteiger charge is -2.26. The highest BCUT2D eigenvalue weighted by molar-refractivity contribution is 5.83. The first kappa shape index (κ1) is 20.2. The molecule has 1 aliphatic rings. The fourth-order valence-electron chi connectivity index (χ4n) is 3.83. The van der Waals surface area contributed by atoms with E-state index in [0.717, 1.165) is 55.4 Å². The summed E-state index contributed by atoms with van der Waals surface area (Å²) < 4.78 is 5.41. The van der Waals surface area contributed by atoms with Crippen LogP contribution in [0.25, 0.3) is 34.4 Å². The summed E-state index contributed by atoms with van der Waals surface area (Å²) in [5.74, 6) is 0.0882. The van der Waals surface area contributed by atoms with E-state index < -0.39 is 0 Å². The quantitative estimate of drug-likeness (QED) is 0.451. The van der Waals surface area contributed by atoms with Crippen LogP contribution >= 0.6 is 0 Å². The van der Waals surface area contributed by atoms with Crippen molar-refractivity contribution in [1.82, 2.24) is 24.8 Å². The zero-order chi connectivity index (χ0) is 21.9. The number of aromatic nitrogens is 4. The number of benzene rings is 1. The van der Waals surface area contributed by atoms with Crippen LogP contribution in [0.4, 0.5) is 5.95 Å². The molecule has 1 saturated heterocycles. The van der Waals surface area contributed by atoms with Crippen LogP contribution in [0.3, 0.4) is 0 Å². The van der Waals surface area contributed by atoms with Crippen molar-refractivity contribution in [3.05, 3.63) is 75.8 Å². The van der Waals surface area contributed by atoms with Crippen LogP contribution in [0.5, 0.6) is 0 Å². The van der Waals surface area contributed by atoms with Gasteiger partial charge in [0.05, 0.1) is 24.3 Å². The molecule has 4 aromatic rings. The van der Waals surface area contributed by atoms with Gasteiger partial charge in [-0.05, 0) is 35.4 Å². The van der Waals surface area contributed by atoms with Gasteiger partial charge in [-0.2, -0.15) is 4.98 Å². The first-order valence-electron chi connectivity index (χ1n) is 10.6. The van der Waals surface area contributed by atoms with Gasteiger partial charge < -0.3 is 15.5 Å². The zero-order valence-corrected chi connectivity index (χ0v) is 17.5. The van der Waals surface area contributed by atoms with Crippen LogP contribution in [0.2, 0.25) is 0 Å². The maximum atomic E-state index is 12.1. The van der Waals surface area contributed by atoms with Crippen molar-refractivity contribution in [2.45, 2.75) is 6.54 Å². The van der Waals surface area contributed by atoms with Gasteiger partial charge in [-0.25, -0.2) is 0 Å². The summed E-state index contributed by atoms with van der Waals surface area (Å²) in [7, 11) is 0. The molecule has 0 spiro atoms. The van der Waals surface area contributed by atoms with Gasteiger partial charge >= 0.3 is 0 Å². The highest BCUT2D eigenvalue weighted by atomic mass is 16.5. The highest BCUT2D eigenvalue weighted by Gasteiger charge is 2.11. The van der Waals surface area contributed by atoms with Crippen LogP contribution < -0.4 is 11.3 Å². The Hall–Kier alpha value is -3.75. The molecule has 4 N–H and O–H groups in total. The van der Waals surface area contributed by atoms with Gasteiger partial charge in [-0.15, -0.1) is 0 Å². The molecule has 4 heterocycles. The van der Waals surface area contributed by atoms with Crippen LogP contribution in [-0.2, 0) is 11.3 Å². The SMILES string of the molecule is Nc1nc2[nH]c(-c3ccnc(/C=C/c4ccc(CN5CCOCC5)cc4)c3)cc2c(=O)[nH]1. The molecule has 8 nitrogen and oxygen atoms in total. The number of nitrogens with one attached hydrogen (secondary N) is 2. The Balaban J connectivity index is 1.31. The number of pyridine rings is 1. The number of ether oxygens (including phenoxy) is 1. The third-order valence-corrected chi connectivity index (χ3v) is 5.54. The second-order valence-corrected chi connectivity index (χ2v) is 7.83. The number of H-pyrrole nitrogens is 2. The van der Waals surface area contributed by atoms with E-state index >= 15 is 0 Å². The van der Waals surface area contributed by atoms with Crippen molar-refractivity contribution < 1.29 is 4.74 Å². The van der Waals surface area contributed by atoms with Gasteiger partial charge in [0.2, 0.25) is 5.95 Å². The lowest BCUT2D eigenvalue weighted by molar-refractivity contribution is 0.0342. The average Bonchev–Trinajstić information content (AvgIpc) is 3.24. The summed E-state index contributed by atoms with van der Waals surface area (Å²) in [6.45, 7) is 4.54. The third-order valence-electron chi connectivity index (χ3n) is 5.54. The van der Waals surface area contributed by atoms with E-state index in [1.807, 2.05) is 24.3 Å². The van der Waals surface area contributed by atoms with E-state index in [-0.39, 0.29) is 11.5 Å². The molecular weight excluding hydrogens is 404 g/mol. The predicted molar refractivity (Wildman–Crippen MR) is 126 cm³/mol. The largest absolute Gasteiger partial charge is 0.379 e. The number of nitrogens with zero attached hydrogens (tertiary/aromatic N) is 3. The minimum Gasteiger partial charge on any atom is -0.379 e. The molecule has 162 valence electrons. The van der Waals surface area contributed by atoms with Crippen molar-refractivity contribution in [2.24, 2.45) is 0 Å². The van der Waals surface area contributed by atoms with Crippen molar-refractivity contribution >= 4 is 29.1 Å². The summed E-state index contributed by atoms with van der Waals surface area (Å²) in [5, 5.41) is 0.472. The maximum Gasteiger partial charge on any atom is 0.261 e. The van der Waals surface area contributed by atoms with E-state index in [2.05, 4.69) is 49.1 Å². The predicted octanol–water partition coefficient (Wildman–Crippen LogP) is 2.90. The molecule has 0 unspecified atom stereocenters. The zero-order valence-electron chi connectivity index (χ0n) is 17.5. The Labute approximate surface area is 184 Å². The standard InChI is InChI=1S/C24H24N6O2/c25-24-28-22-20(23(31)29-24)14-21(27-22)18-7-8-26-19(13-18)6-5-16-1-3-17(4-2-16)15-30-9-11-32-12-10-30/h1-8,13-14H,9-12,15H2,(H4,25,27,28,29,31)/b6-5+. The lowest BCUT2D eigenvalue weighted by atomic mass is 10.1. The minimum absolute atomic E-state index is 0.0882. The second-order valence-electron chi connectivity index (χ2n) is 7.83. The number of aromatic amines is 2. The minimum atomic E-state index is -0.263. The Bertz CT molecular complexity index is 1320. The van der Waals surface area contributed by atoms with Crippen molar-refractivity contribution in [3.63, 3.8) is 0 Å². The lowest BCUT2D eigenvalue weighted by Crippen LogP contribution is -2.35. The number of rotatable bonds is 5. The normalized spacial score (nSPS) is 15.0. The Morgan fingerprint density at radius 2 is 1.88 bits per heavy atom. The van der Waals surface area contributed by atoms with E-state index in [0.29, 0.717) is 11.0 Å². The Morgan fingerprint density at radius 1 is 1.06 bits per heavy atom. The first-order valence-corrected chi connectivity index (χ1v) is 10.6. The van der Waals surface area contributed by atoms with Crippen molar-refractivity contribution in [1.29, 1.82) is 0 Å². The van der Waals surface area contributed by atoms with Crippen LogP contribution in [0.15, 0.2) is 53.5 Å².